The molecule has 1 aromatic carbocycles. The second-order valence-corrected chi connectivity index (χ2v) is 6.01. The molecule has 112 valence electrons. The van der Waals surface area contributed by atoms with E-state index in [9.17, 15) is 4.79 Å². The average Bonchev–Trinajstić information content (AvgIpc) is 2.53. The standard InChI is InChI=1S/C17H23N3O/c1-12(13-6-5-9-18-11-13)19-15-10-17(21)20(2)16-8-4-3-7-14(15)16/h3-4,7-8,10,12-13,18-19H,5-6,9,11H2,1-2H3. The molecule has 0 spiro atoms. The van der Waals surface area contributed by atoms with Crippen molar-refractivity contribution in [3.8, 4) is 0 Å². The molecule has 0 radical (unpaired) electrons. The summed E-state index contributed by atoms with van der Waals surface area (Å²) in [5, 5.41) is 8.13. The van der Waals surface area contributed by atoms with Gasteiger partial charge in [-0.1, -0.05) is 18.2 Å². The Morgan fingerprint density at radius 3 is 2.95 bits per heavy atom. The van der Waals surface area contributed by atoms with Crippen molar-refractivity contribution in [3.05, 3.63) is 40.7 Å². The van der Waals surface area contributed by atoms with Gasteiger partial charge >= 0.3 is 0 Å². The number of pyridine rings is 1. The first-order valence-corrected chi connectivity index (χ1v) is 7.73. The van der Waals surface area contributed by atoms with Gasteiger partial charge < -0.3 is 15.2 Å². The summed E-state index contributed by atoms with van der Waals surface area (Å²) in [5.41, 5.74) is 1.96. The molecule has 3 rings (SSSR count). The molecule has 1 aromatic heterocycles. The fraction of sp³-hybridized carbons (Fsp3) is 0.471. The van der Waals surface area contributed by atoms with Crippen LogP contribution in [0.15, 0.2) is 35.1 Å². The molecule has 2 N–H and O–H groups in total. The lowest BCUT2D eigenvalue weighted by Crippen LogP contribution is -2.39. The van der Waals surface area contributed by atoms with Crippen LogP contribution >= 0.6 is 0 Å². The first kappa shape index (κ1) is 14.1. The molecule has 21 heavy (non-hydrogen) atoms. The van der Waals surface area contributed by atoms with Crippen molar-refractivity contribution in [1.82, 2.24) is 9.88 Å². The van der Waals surface area contributed by atoms with Gasteiger partial charge in [0.25, 0.3) is 5.56 Å². The highest BCUT2D eigenvalue weighted by molar-refractivity contribution is 5.91. The Kier molecular flexibility index (Phi) is 3.97. The summed E-state index contributed by atoms with van der Waals surface area (Å²) in [7, 11) is 1.82. The van der Waals surface area contributed by atoms with Gasteiger partial charge in [-0.15, -0.1) is 0 Å². The molecule has 0 aliphatic carbocycles. The van der Waals surface area contributed by atoms with Crippen molar-refractivity contribution < 1.29 is 0 Å². The van der Waals surface area contributed by atoms with Gasteiger partial charge in [0.15, 0.2) is 0 Å². The number of benzene rings is 1. The number of para-hydroxylation sites is 1. The first-order valence-electron chi connectivity index (χ1n) is 7.73. The number of piperidine rings is 1. The molecule has 4 heteroatoms. The van der Waals surface area contributed by atoms with Gasteiger partial charge in [-0.05, 0) is 44.8 Å². The minimum Gasteiger partial charge on any atom is -0.382 e. The number of rotatable bonds is 3. The monoisotopic (exact) mass is 285 g/mol. The highest BCUT2D eigenvalue weighted by atomic mass is 16.1. The lowest BCUT2D eigenvalue weighted by Gasteiger charge is -2.30. The van der Waals surface area contributed by atoms with Crippen molar-refractivity contribution in [2.24, 2.45) is 13.0 Å². The molecule has 0 amide bonds. The zero-order valence-corrected chi connectivity index (χ0v) is 12.7. The number of aryl methyl sites for hydroxylation is 1. The van der Waals surface area contributed by atoms with Crippen LogP contribution in [0.1, 0.15) is 19.8 Å². The zero-order valence-electron chi connectivity index (χ0n) is 12.7. The third kappa shape index (κ3) is 2.81. The summed E-state index contributed by atoms with van der Waals surface area (Å²) in [6.07, 6.45) is 2.47. The van der Waals surface area contributed by atoms with Gasteiger partial charge in [0, 0.05) is 30.2 Å². The molecule has 4 nitrogen and oxygen atoms in total. The maximum Gasteiger partial charge on any atom is 0.252 e. The Morgan fingerprint density at radius 2 is 2.19 bits per heavy atom. The van der Waals surface area contributed by atoms with E-state index < -0.39 is 0 Å². The summed E-state index contributed by atoms with van der Waals surface area (Å²) >= 11 is 0. The third-order valence-electron chi connectivity index (χ3n) is 4.58. The van der Waals surface area contributed by atoms with Crippen molar-refractivity contribution in [3.63, 3.8) is 0 Å². The topological polar surface area (TPSA) is 46.1 Å². The van der Waals surface area contributed by atoms with Crippen molar-refractivity contribution in [1.29, 1.82) is 0 Å². The average molecular weight is 285 g/mol. The maximum atomic E-state index is 12.1. The van der Waals surface area contributed by atoms with Crippen LogP contribution in [0.5, 0.6) is 0 Å². The molecule has 2 heterocycles. The van der Waals surface area contributed by atoms with Gasteiger partial charge in [-0.25, -0.2) is 0 Å². The van der Waals surface area contributed by atoms with E-state index in [0.717, 1.165) is 29.7 Å². The van der Waals surface area contributed by atoms with Crippen LogP contribution in [0.2, 0.25) is 0 Å². The number of hydrogen-bond donors (Lipinski definition) is 2. The zero-order chi connectivity index (χ0) is 14.8. The fourth-order valence-corrected chi connectivity index (χ4v) is 3.20. The van der Waals surface area contributed by atoms with E-state index in [1.807, 2.05) is 25.2 Å². The normalized spacial score (nSPS) is 20.4. The number of aromatic nitrogens is 1. The van der Waals surface area contributed by atoms with Gasteiger partial charge in [0.2, 0.25) is 0 Å². The summed E-state index contributed by atoms with van der Waals surface area (Å²) in [4.78, 5) is 12.1. The van der Waals surface area contributed by atoms with E-state index in [0.29, 0.717) is 12.0 Å². The fourth-order valence-electron chi connectivity index (χ4n) is 3.20. The largest absolute Gasteiger partial charge is 0.382 e. The van der Waals surface area contributed by atoms with Crippen LogP contribution in [0.25, 0.3) is 10.9 Å². The molecule has 2 aromatic rings. The Bertz CT molecular complexity index is 686. The molecular formula is C17H23N3O. The molecule has 1 aliphatic heterocycles. The second kappa shape index (κ2) is 5.90. The first-order chi connectivity index (χ1) is 10.2. The quantitative estimate of drug-likeness (QED) is 0.910. The molecule has 0 bridgehead atoms. The van der Waals surface area contributed by atoms with Crippen LogP contribution in [0.4, 0.5) is 5.69 Å². The smallest absolute Gasteiger partial charge is 0.252 e. The minimum atomic E-state index is 0.0326. The Labute approximate surface area is 125 Å². The Morgan fingerprint density at radius 1 is 1.38 bits per heavy atom. The van der Waals surface area contributed by atoms with Crippen LogP contribution < -0.4 is 16.2 Å². The Hall–Kier alpha value is -1.81. The summed E-state index contributed by atoms with van der Waals surface area (Å²) in [5.74, 6) is 0.613. The van der Waals surface area contributed by atoms with Gasteiger partial charge in [-0.2, -0.15) is 0 Å². The minimum absolute atomic E-state index is 0.0326. The molecule has 2 unspecified atom stereocenters. The number of fused-ring (bicyclic) bond motifs is 1. The predicted octanol–water partition coefficient (Wildman–Crippen LogP) is 2.34. The molecule has 1 aliphatic rings. The summed E-state index contributed by atoms with van der Waals surface area (Å²) < 4.78 is 1.70. The van der Waals surface area contributed by atoms with Crippen molar-refractivity contribution in [2.75, 3.05) is 18.4 Å². The van der Waals surface area contributed by atoms with Crippen LogP contribution in [0.3, 0.4) is 0 Å². The number of nitrogens with zero attached hydrogens (tertiary/aromatic N) is 1. The number of hydrogen-bond acceptors (Lipinski definition) is 3. The van der Waals surface area contributed by atoms with Gasteiger partial charge in [-0.3, -0.25) is 4.79 Å². The molecule has 1 saturated heterocycles. The van der Waals surface area contributed by atoms with Crippen molar-refractivity contribution in [2.45, 2.75) is 25.8 Å². The van der Waals surface area contributed by atoms with Gasteiger partial charge in [0.1, 0.15) is 0 Å². The number of anilines is 1. The van der Waals surface area contributed by atoms with Crippen LogP contribution in [-0.2, 0) is 7.05 Å². The van der Waals surface area contributed by atoms with E-state index in [1.54, 1.807) is 10.6 Å². The van der Waals surface area contributed by atoms with E-state index in [-0.39, 0.29) is 5.56 Å². The lowest BCUT2D eigenvalue weighted by molar-refractivity contribution is 0.347. The molecule has 1 fully saturated rings. The molecular weight excluding hydrogens is 262 g/mol. The summed E-state index contributed by atoms with van der Waals surface area (Å²) in [6, 6.07) is 10.1. The van der Waals surface area contributed by atoms with E-state index in [4.69, 9.17) is 0 Å². The molecule has 2 atom stereocenters. The third-order valence-corrected chi connectivity index (χ3v) is 4.58. The highest BCUT2D eigenvalue weighted by Gasteiger charge is 2.20. The SMILES string of the molecule is CC(Nc1cc(=O)n(C)c2ccccc12)C1CCCNC1. The predicted molar refractivity (Wildman–Crippen MR) is 87.9 cm³/mol. The Balaban J connectivity index is 1.93. The van der Waals surface area contributed by atoms with Gasteiger partial charge in [0.05, 0.1) is 5.52 Å². The number of nitrogens with one attached hydrogen (secondary N) is 2. The highest BCUT2D eigenvalue weighted by Crippen LogP contribution is 2.24. The van der Waals surface area contributed by atoms with E-state index in [2.05, 4.69) is 23.6 Å². The second-order valence-electron chi connectivity index (χ2n) is 6.01. The van der Waals surface area contributed by atoms with Crippen LogP contribution in [-0.4, -0.2) is 23.7 Å². The van der Waals surface area contributed by atoms with E-state index >= 15 is 0 Å². The van der Waals surface area contributed by atoms with E-state index in [1.165, 1.54) is 12.8 Å². The summed E-state index contributed by atoms with van der Waals surface area (Å²) in [6.45, 7) is 4.39. The van der Waals surface area contributed by atoms with Crippen molar-refractivity contribution >= 4 is 16.6 Å². The maximum absolute atomic E-state index is 12.1. The van der Waals surface area contributed by atoms with Crippen LogP contribution in [0, 0.1) is 5.92 Å². The molecule has 0 saturated carbocycles. The lowest BCUT2D eigenvalue weighted by atomic mass is 9.92.